The van der Waals surface area contributed by atoms with Crippen LogP contribution in [0.2, 0.25) is 0 Å². The maximum atomic E-state index is 12.5. The van der Waals surface area contributed by atoms with Gasteiger partial charge < -0.3 is 24.6 Å². The number of carbonyl (C=O) groups is 2. The van der Waals surface area contributed by atoms with E-state index in [-0.39, 0.29) is 24.5 Å². The third-order valence-corrected chi connectivity index (χ3v) is 4.64. The first-order chi connectivity index (χ1) is 12.4. The zero-order chi connectivity index (χ0) is 19.3. The topological polar surface area (TPSA) is 97.3 Å². The third-order valence-electron chi connectivity index (χ3n) is 4.64. The van der Waals surface area contributed by atoms with Crippen molar-refractivity contribution >= 4 is 11.9 Å². The summed E-state index contributed by atoms with van der Waals surface area (Å²) in [6.45, 7) is 2.63. The number of benzene rings is 1. The van der Waals surface area contributed by atoms with E-state index in [9.17, 15) is 9.59 Å². The van der Waals surface area contributed by atoms with E-state index in [1.165, 1.54) is 21.3 Å². The molecular formula is C18H26N2O6. The highest BCUT2D eigenvalue weighted by Crippen LogP contribution is 2.38. The van der Waals surface area contributed by atoms with Crippen LogP contribution in [0.25, 0.3) is 0 Å². The van der Waals surface area contributed by atoms with Crippen LogP contribution < -0.4 is 19.5 Å². The molecule has 8 nitrogen and oxygen atoms in total. The zero-order valence-electron chi connectivity index (χ0n) is 15.6. The predicted molar refractivity (Wildman–Crippen MR) is 95.3 cm³/mol. The number of nitrogens with one attached hydrogen (secondary N) is 1. The van der Waals surface area contributed by atoms with Crippen LogP contribution in [-0.4, -0.2) is 68.4 Å². The summed E-state index contributed by atoms with van der Waals surface area (Å²) in [6.07, 6.45) is 1.47. The molecule has 26 heavy (non-hydrogen) atoms. The van der Waals surface area contributed by atoms with Crippen molar-refractivity contribution in [2.75, 3.05) is 34.4 Å². The summed E-state index contributed by atoms with van der Waals surface area (Å²) in [5.74, 6) is 0.206. The van der Waals surface area contributed by atoms with Gasteiger partial charge in [0.25, 0.3) is 5.91 Å². The van der Waals surface area contributed by atoms with Crippen LogP contribution in [0.15, 0.2) is 12.1 Å². The average Bonchev–Trinajstić information content (AvgIpc) is 2.60. The first-order valence-electron chi connectivity index (χ1n) is 8.50. The van der Waals surface area contributed by atoms with Gasteiger partial charge in [-0.1, -0.05) is 6.92 Å². The minimum Gasteiger partial charge on any atom is -0.493 e. The molecule has 0 aliphatic heterocycles. The van der Waals surface area contributed by atoms with Crippen LogP contribution in [0.3, 0.4) is 0 Å². The van der Waals surface area contributed by atoms with E-state index in [4.69, 9.17) is 19.3 Å². The third kappa shape index (κ3) is 4.37. The lowest BCUT2D eigenvalue weighted by atomic mass is 9.85. The summed E-state index contributed by atoms with van der Waals surface area (Å²) in [7, 11) is 4.50. The van der Waals surface area contributed by atoms with Crippen LogP contribution in [0.5, 0.6) is 17.2 Å². The summed E-state index contributed by atoms with van der Waals surface area (Å²) in [6, 6.07) is 3.42. The Morgan fingerprint density at radius 1 is 1.15 bits per heavy atom. The maximum absolute atomic E-state index is 12.5. The van der Waals surface area contributed by atoms with Crippen molar-refractivity contribution in [1.29, 1.82) is 0 Å². The molecule has 0 saturated heterocycles. The lowest BCUT2D eigenvalue weighted by Crippen LogP contribution is -2.54. The summed E-state index contributed by atoms with van der Waals surface area (Å²) in [4.78, 5) is 25.3. The standard InChI is InChI=1S/C18H26N2O6/c1-5-20(10-16(21)22)13-8-12(9-13)19-18(23)11-6-14(24-2)17(26-4)15(7-11)25-3/h6-7,12-13H,5,8-10H2,1-4H3,(H,19,23)(H,21,22). The molecule has 2 rings (SSSR count). The molecule has 0 atom stereocenters. The second kappa shape index (κ2) is 8.75. The van der Waals surface area contributed by atoms with Crippen LogP contribution >= 0.6 is 0 Å². The van der Waals surface area contributed by atoms with Crippen molar-refractivity contribution < 1.29 is 28.9 Å². The van der Waals surface area contributed by atoms with Gasteiger partial charge in [0.2, 0.25) is 5.75 Å². The first kappa shape index (κ1) is 19.8. The van der Waals surface area contributed by atoms with Crippen molar-refractivity contribution in [3.63, 3.8) is 0 Å². The van der Waals surface area contributed by atoms with Crippen molar-refractivity contribution in [2.45, 2.75) is 31.8 Å². The number of likely N-dealkylation sites (N-methyl/N-ethyl adjacent to an activating group) is 1. The molecule has 1 amide bonds. The van der Waals surface area contributed by atoms with Gasteiger partial charge in [-0.3, -0.25) is 14.5 Å². The number of carbonyl (C=O) groups excluding carboxylic acids is 1. The molecule has 1 aliphatic rings. The number of methoxy groups -OCH3 is 3. The lowest BCUT2D eigenvalue weighted by Gasteiger charge is -2.42. The van der Waals surface area contributed by atoms with Crippen LogP contribution in [0.1, 0.15) is 30.1 Å². The Morgan fingerprint density at radius 3 is 2.15 bits per heavy atom. The molecule has 2 N–H and O–H groups in total. The highest BCUT2D eigenvalue weighted by molar-refractivity contribution is 5.95. The SMILES string of the molecule is CCN(CC(=O)O)C1CC(NC(=O)c2cc(OC)c(OC)c(OC)c2)C1. The van der Waals surface area contributed by atoms with E-state index in [2.05, 4.69) is 5.32 Å². The van der Waals surface area contributed by atoms with Gasteiger partial charge in [0, 0.05) is 17.6 Å². The van der Waals surface area contributed by atoms with Crippen molar-refractivity contribution in [1.82, 2.24) is 10.2 Å². The second-order valence-corrected chi connectivity index (χ2v) is 6.17. The number of nitrogens with zero attached hydrogens (tertiary/aromatic N) is 1. The van der Waals surface area contributed by atoms with Crippen LogP contribution in [-0.2, 0) is 4.79 Å². The molecule has 0 heterocycles. The Kier molecular flexibility index (Phi) is 6.68. The van der Waals surface area contributed by atoms with Gasteiger partial charge in [0.1, 0.15) is 0 Å². The Morgan fingerprint density at radius 2 is 1.73 bits per heavy atom. The molecule has 0 radical (unpaired) electrons. The van der Waals surface area contributed by atoms with Gasteiger partial charge in [-0.2, -0.15) is 0 Å². The fourth-order valence-electron chi connectivity index (χ4n) is 3.16. The number of ether oxygens (including phenoxy) is 3. The minimum absolute atomic E-state index is 0.0225. The van der Waals surface area contributed by atoms with Crippen molar-refractivity contribution in [3.8, 4) is 17.2 Å². The number of rotatable bonds is 9. The van der Waals surface area contributed by atoms with Crippen molar-refractivity contribution in [2.24, 2.45) is 0 Å². The highest BCUT2D eigenvalue weighted by Gasteiger charge is 2.35. The quantitative estimate of drug-likeness (QED) is 0.681. The molecule has 1 fully saturated rings. The first-order valence-corrected chi connectivity index (χ1v) is 8.50. The molecule has 0 unspecified atom stereocenters. The van der Waals surface area contributed by atoms with Crippen LogP contribution in [0, 0.1) is 0 Å². The molecule has 1 aliphatic carbocycles. The second-order valence-electron chi connectivity index (χ2n) is 6.17. The summed E-state index contributed by atoms with van der Waals surface area (Å²) in [5.41, 5.74) is 0.417. The Hall–Kier alpha value is -2.48. The van der Waals surface area contributed by atoms with E-state index >= 15 is 0 Å². The van der Waals surface area contributed by atoms with Gasteiger partial charge in [0.05, 0.1) is 27.9 Å². The van der Waals surface area contributed by atoms with Crippen LogP contribution in [0.4, 0.5) is 0 Å². The Labute approximate surface area is 153 Å². The van der Waals surface area contributed by atoms with Gasteiger partial charge >= 0.3 is 5.97 Å². The predicted octanol–water partition coefficient (Wildman–Crippen LogP) is 1.38. The largest absolute Gasteiger partial charge is 0.493 e. The number of hydrogen-bond donors (Lipinski definition) is 2. The summed E-state index contributed by atoms with van der Waals surface area (Å²) >= 11 is 0. The monoisotopic (exact) mass is 366 g/mol. The van der Waals surface area contributed by atoms with E-state index in [1.807, 2.05) is 11.8 Å². The van der Waals surface area contributed by atoms with E-state index in [0.717, 1.165) is 12.8 Å². The number of hydrogen-bond acceptors (Lipinski definition) is 6. The maximum Gasteiger partial charge on any atom is 0.317 e. The molecule has 8 heteroatoms. The van der Waals surface area contributed by atoms with E-state index < -0.39 is 5.97 Å². The Bertz CT molecular complexity index is 632. The zero-order valence-corrected chi connectivity index (χ0v) is 15.6. The van der Waals surface area contributed by atoms with Gasteiger partial charge in [-0.15, -0.1) is 0 Å². The van der Waals surface area contributed by atoms with Crippen molar-refractivity contribution in [3.05, 3.63) is 17.7 Å². The summed E-state index contributed by atoms with van der Waals surface area (Å²) in [5, 5.41) is 11.9. The number of carboxylic acid groups (broad SMARTS) is 1. The van der Waals surface area contributed by atoms with Gasteiger partial charge in [0.15, 0.2) is 11.5 Å². The molecular weight excluding hydrogens is 340 g/mol. The number of carboxylic acids is 1. The number of aliphatic carboxylic acids is 1. The molecule has 1 aromatic carbocycles. The fraction of sp³-hybridized carbons (Fsp3) is 0.556. The average molecular weight is 366 g/mol. The normalized spacial score (nSPS) is 18.8. The number of amides is 1. The molecule has 0 bridgehead atoms. The molecule has 1 aromatic rings. The molecule has 0 spiro atoms. The van der Waals surface area contributed by atoms with Gasteiger partial charge in [-0.25, -0.2) is 0 Å². The van der Waals surface area contributed by atoms with E-state index in [1.54, 1.807) is 12.1 Å². The fourth-order valence-corrected chi connectivity index (χ4v) is 3.16. The molecule has 144 valence electrons. The van der Waals surface area contributed by atoms with E-state index in [0.29, 0.717) is 29.4 Å². The molecule has 1 saturated carbocycles. The summed E-state index contributed by atoms with van der Waals surface area (Å²) < 4.78 is 15.8. The Balaban J connectivity index is 2.00. The lowest BCUT2D eigenvalue weighted by molar-refractivity contribution is -0.139. The molecule has 0 aromatic heterocycles. The van der Waals surface area contributed by atoms with Gasteiger partial charge in [-0.05, 0) is 31.5 Å². The smallest absolute Gasteiger partial charge is 0.317 e. The highest BCUT2D eigenvalue weighted by atomic mass is 16.5. The minimum atomic E-state index is -0.836.